The number of carbonyl (C=O) groups is 3. The normalized spacial score (nSPS) is 13.0. The second kappa shape index (κ2) is 14.5. The number of ether oxygens (including phenoxy) is 1. The van der Waals surface area contributed by atoms with Gasteiger partial charge in [-0.1, -0.05) is 71.9 Å². The summed E-state index contributed by atoms with van der Waals surface area (Å²) >= 11 is 0. The topological polar surface area (TPSA) is 109 Å². The molecule has 1 aromatic rings. The van der Waals surface area contributed by atoms with Crippen LogP contribution in [0, 0.1) is 17.8 Å². The Morgan fingerprint density at radius 3 is 1.88 bits per heavy atom. The lowest BCUT2D eigenvalue weighted by Crippen LogP contribution is -2.56. The highest BCUT2D eigenvalue weighted by Gasteiger charge is 2.28. The van der Waals surface area contributed by atoms with Crippen molar-refractivity contribution >= 4 is 17.9 Å². The Kier molecular flexibility index (Phi) is 12.4. The maximum absolute atomic E-state index is 13.0. The number of rotatable bonds is 13. The molecule has 0 saturated carbocycles. The van der Waals surface area contributed by atoms with Gasteiger partial charge in [0.15, 0.2) is 0 Å². The zero-order chi connectivity index (χ0) is 24.1. The molecule has 180 valence electrons. The maximum atomic E-state index is 13.0. The van der Waals surface area contributed by atoms with E-state index in [-0.39, 0.29) is 24.3 Å². The fraction of sp³-hybridized carbons (Fsp3) is 0.625. The molecular weight excluding hydrogens is 408 g/mol. The van der Waals surface area contributed by atoms with Crippen LogP contribution in [0.15, 0.2) is 30.3 Å². The number of hydrogen-bond donors (Lipinski definition) is 4. The fourth-order valence-electron chi connectivity index (χ4n) is 3.01. The Balaban J connectivity index is 2.74. The highest BCUT2D eigenvalue weighted by molar-refractivity contribution is 5.91. The largest absolute Gasteiger partial charge is 0.445 e. The number of hydrazine groups is 1. The molecule has 0 radical (unpaired) electrons. The van der Waals surface area contributed by atoms with Crippen LogP contribution in [0.25, 0.3) is 0 Å². The SMILES string of the molecule is CC(C)CNNC(=O)[C@H](CC(C)C)NC(=O)[C@H](CC(C)C)NC(=O)OCc1ccccc1. The van der Waals surface area contributed by atoms with Gasteiger partial charge in [-0.25, -0.2) is 10.2 Å². The van der Waals surface area contributed by atoms with Crippen molar-refractivity contribution in [3.63, 3.8) is 0 Å². The molecule has 8 heteroatoms. The molecule has 2 atom stereocenters. The molecule has 1 aromatic carbocycles. The van der Waals surface area contributed by atoms with Crippen LogP contribution in [-0.2, 0) is 20.9 Å². The second-order valence-corrected chi connectivity index (χ2v) is 9.34. The third-order valence-electron chi connectivity index (χ3n) is 4.59. The van der Waals surface area contributed by atoms with E-state index >= 15 is 0 Å². The molecule has 1 rings (SSSR count). The Labute approximate surface area is 192 Å². The first-order valence-corrected chi connectivity index (χ1v) is 11.4. The van der Waals surface area contributed by atoms with E-state index in [1.807, 2.05) is 71.9 Å². The molecule has 0 aromatic heterocycles. The highest BCUT2D eigenvalue weighted by Crippen LogP contribution is 2.09. The van der Waals surface area contributed by atoms with Gasteiger partial charge in [0.2, 0.25) is 5.91 Å². The van der Waals surface area contributed by atoms with E-state index in [2.05, 4.69) is 21.5 Å². The molecule has 0 heterocycles. The Bertz CT molecular complexity index is 707. The fourth-order valence-corrected chi connectivity index (χ4v) is 3.01. The van der Waals surface area contributed by atoms with E-state index in [1.165, 1.54) is 0 Å². The predicted octanol–water partition coefficient (Wildman–Crippen LogP) is 3.14. The van der Waals surface area contributed by atoms with Crippen molar-refractivity contribution in [3.8, 4) is 0 Å². The summed E-state index contributed by atoms with van der Waals surface area (Å²) in [6.45, 7) is 12.7. The second-order valence-electron chi connectivity index (χ2n) is 9.34. The number of carbonyl (C=O) groups excluding carboxylic acids is 3. The molecule has 4 N–H and O–H groups in total. The average molecular weight is 449 g/mol. The summed E-state index contributed by atoms with van der Waals surface area (Å²) in [6, 6.07) is 7.81. The number of hydrogen-bond acceptors (Lipinski definition) is 5. The van der Waals surface area contributed by atoms with E-state index < -0.39 is 24.1 Å². The van der Waals surface area contributed by atoms with Crippen LogP contribution >= 0.6 is 0 Å². The first-order valence-electron chi connectivity index (χ1n) is 11.4. The molecule has 0 aliphatic heterocycles. The monoisotopic (exact) mass is 448 g/mol. The zero-order valence-electron chi connectivity index (χ0n) is 20.2. The van der Waals surface area contributed by atoms with Crippen molar-refractivity contribution in [2.75, 3.05) is 6.54 Å². The van der Waals surface area contributed by atoms with Crippen LogP contribution in [0.5, 0.6) is 0 Å². The lowest BCUT2D eigenvalue weighted by Gasteiger charge is -2.25. The molecule has 32 heavy (non-hydrogen) atoms. The van der Waals surface area contributed by atoms with Crippen LogP contribution in [0.3, 0.4) is 0 Å². The minimum Gasteiger partial charge on any atom is -0.445 e. The molecule has 0 fully saturated rings. The van der Waals surface area contributed by atoms with Gasteiger partial charge in [-0.3, -0.25) is 15.0 Å². The van der Waals surface area contributed by atoms with Crippen LogP contribution in [0.4, 0.5) is 4.79 Å². The smallest absolute Gasteiger partial charge is 0.408 e. The Morgan fingerprint density at radius 1 is 0.781 bits per heavy atom. The summed E-state index contributed by atoms with van der Waals surface area (Å²) in [4.78, 5) is 37.9. The van der Waals surface area contributed by atoms with Gasteiger partial charge in [-0.15, -0.1) is 0 Å². The van der Waals surface area contributed by atoms with Crippen molar-refractivity contribution < 1.29 is 19.1 Å². The van der Waals surface area contributed by atoms with Crippen LogP contribution in [0.1, 0.15) is 59.9 Å². The van der Waals surface area contributed by atoms with Crippen LogP contribution in [-0.4, -0.2) is 36.5 Å². The van der Waals surface area contributed by atoms with Gasteiger partial charge in [0.25, 0.3) is 5.91 Å². The summed E-state index contributed by atoms with van der Waals surface area (Å²) < 4.78 is 5.26. The molecule has 0 aliphatic rings. The quantitative estimate of drug-likeness (QED) is 0.347. The number of benzene rings is 1. The van der Waals surface area contributed by atoms with Gasteiger partial charge in [-0.05, 0) is 36.2 Å². The number of alkyl carbamates (subject to hydrolysis) is 1. The van der Waals surface area contributed by atoms with Gasteiger partial charge >= 0.3 is 6.09 Å². The molecule has 0 spiro atoms. The van der Waals surface area contributed by atoms with Crippen molar-refractivity contribution in [2.45, 2.75) is 73.1 Å². The summed E-state index contributed by atoms with van der Waals surface area (Å²) in [5.41, 5.74) is 6.42. The standard InChI is InChI=1S/C24H40N4O4/c1-16(2)12-20(27-24(31)32-15-19-10-8-7-9-11-19)22(29)26-21(13-17(3)4)23(30)28-25-14-18(5)6/h7-11,16-18,20-21,25H,12-15H2,1-6H3,(H,26,29)(H,27,31)(H,28,30)/t20-,21-/m0/s1. The third kappa shape index (κ3) is 11.7. The van der Waals surface area contributed by atoms with Gasteiger partial charge in [-0.2, -0.15) is 0 Å². The summed E-state index contributed by atoms with van der Waals surface area (Å²) in [6.07, 6.45) is 0.236. The summed E-state index contributed by atoms with van der Waals surface area (Å²) in [7, 11) is 0. The molecule has 3 amide bonds. The molecule has 0 saturated heterocycles. The van der Waals surface area contributed by atoms with Gasteiger partial charge < -0.3 is 15.4 Å². The third-order valence-corrected chi connectivity index (χ3v) is 4.59. The molecule has 0 bridgehead atoms. The van der Waals surface area contributed by atoms with Crippen LogP contribution in [0.2, 0.25) is 0 Å². The summed E-state index contributed by atoms with van der Waals surface area (Å²) in [5.74, 6) is 0.0198. The highest BCUT2D eigenvalue weighted by atomic mass is 16.5. The Morgan fingerprint density at radius 2 is 1.34 bits per heavy atom. The first-order chi connectivity index (χ1) is 15.1. The number of amides is 3. The minimum atomic E-state index is -0.802. The average Bonchev–Trinajstić information content (AvgIpc) is 2.71. The van der Waals surface area contributed by atoms with Gasteiger partial charge in [0, 0.05) is 6.54 Å². The van der Waals surface area contributed by atoms with E-state index in [0.29, 0.717) is 25.3 Å². The van der Waals surface area contributed by atoms with Gasteiger partial charge in [0.1, 0.15) is 18.7 Å². The maximum Gasteiger partial charge on any atom is 0.408 e. The molecule has 0 aliphatic carbocycles. The van der Waals surface area contributed by atoms with Crippen LogP contribution < -0.4 is 21.5 Å². The van der Waals surface area contributed by atoms with Crippen molar-refractivity contribution in [1.82, 2.24) is 21.5 Å². The molecule has 0 unspecified atom stereocenters. The van der Waals surface area contributed by atoms with E-state index in [1.54, 1.807) is 0 Å². The molecular formula is C24H40N4O4. The summed E-state index contributed by atoms with van der Waals surface area (Å²) in [5, 5.41) is 5.46. The van der Waals surface area contributed by atoms with Gasteiger partial charge in [0.05, 0.1) is 0 Å². The Hall–Kier alpha value is -2.61. The van der Waals surface area contributed by atoms with Crippen molar-refractivity contribution in [2.24, 2.45) is 17.8 Å². The zero-order valence-corrected chi connectivity index (χ0v) is 20.2. The lowest BCUT2D eigenvalue weighted by atomic mass is 10.0. The molecule has 8 nitrogen and oxygen atoms in total. The number of nitrogens with one attached hydrogen (secondary N) is 4. The van der Waals surface area contributed by atoms with E-state index in [4.69, 9.17) is 4.74 Å². The van der Waals surface area contributed by atoms with Crippen molar-refractivity contribution in [3.05, 3.63) is 35.9 Å². The minimum absolute atomic E-state index is 0.114. The van der Waals surface area contributed by atoms with E-state index in [0.717, 1.165) is 5.56 Å². The van der Waals surface area contributed by atoms with Crippen molar-refractivity contribution in [1.29, 1.82) is 0 Å². The van der Waals surface area contributed by atoms with E-state index in [9.17, 15) is 14.4 Å². The predicted molar refractivity (Wildman–Crippen MR) is 125 cm³/mol. The lowest BCUT2D eigenvalue weighted by molar-refractivity contribution is -0.131. The first kappa shape index (κ1) is 27.4.